The summed E-state index contributed by atoms with van der Waals surface area (Å²) in [4.78, 5) is 29.3. The Kier molecular flexibility index (Phi) is 4.83. The fraction of sp³-hybridized carbons (Fsp3) is 0.0400. The van der Waals surface area contributed by atoms with Gasteiger partial charge in [-0.25, -0.2) is 0 Å². The van der Waals surface area contributed by atoms with E-state index < -0.39 is 0 Å². The van der Waals surface area contributed by atoms with Gasteiger partial charge in [0, 0.05) is 16.5 Å². The molecule has 0 fully saturated rings. The lowest BCUT2D eigenvalue weighted by Gasteiger charge is -2.08. The van der Waals surface area contributed by atoms with Crippen molar-refractivity contribution < 1.29 is 14.7 Å². The summed E-state index contributed by atoms with van der Waals surface area (Å²) >= 11 is 0. The molecule has 4 heteroatoms. The van der Waals surface area contributed by atoms with Gasteiger partial charge in [0.05, 0.1) is 16.8 Å². The smallest absolute Gasteiger partial charge is 0.199 e. The van der Waals surface area contributed by atoms with Crippen molar-refractivity contribution in [1.82, 2.24) is 4.98 Å². The molecule has 0 radical (unpaired) electrons. The fourth-order valence-electron chi connectivity index (χ4n) is 3.43. The van der Waals surface area contributed by atoms with Crippen LogP contribution in [0.3, 0.4) is 0 Å². The summed E-state index contributed by atoms with van der Waals surface area (Å²) in [5.74, 6) is -0.721. The van der Waals surface area contributed by atoms with E-state index in [-0.39, 0.29) is 22.9 Å². The molecule has 0 aliphatic heterocycles. The number of carbonyl (C=O) groups is 2. The molecule has 0 saturated carbocycles. The molecule has 142 valence electrons. The van der Waals surface area contributed by atoms with Crippen molar-refractivity contribution in [1.29, 1.82) is 0 Å². The van der Waals surface area contributed by atoms with Crippen LogP contribution >= 0.6 is 0 Å². The van der Waals surface area contributed by atoms with Gasteiger partial charge in [0.1, 0.15) is 5.75 Å². The largest absolute Gasteiger partial charge is 0.507 e. The van der Waals surface area contributed by atoms with E-state index in [1.165, 1.54) is 19.1 Å². The zero-order valence-corrected chi connectivity index (χ0v) is 15.8. The molecule has 0 amide bonds. The maximum Gasteiger partial charge on any atom is 0.199 e. The minimum Gasteiger partial charge on any atom is -0.507 e. The molecule has 0 aliphatic rings. The third-order valence-corrected chi connectivity index (χ3v) is 4.86. The van der Waals surface area contributed by atoms with Crippen LogP contribution in [-0.2, 0) is 4.79 Å². The second-order valence-corrected chi connectivity index (χ2v) is 6.79. The number of phenols is 1. The number of H-pyrrole nitrogens is 1. The molecule has 1 aromatic heterocycles. The van der Waals surface area contributed by atoms with Gasteiger partial charge in [0.15, 0.2) is 11.6 Å². The number of phenolic OH excluding ortho intramolecular Hbond substituents is 1. The SMILES string of the molecule is CC(=O)/C(=C\c1ccccc1O)C(=O)c1c(-c2ccccc2)[nH]c2ccccc12. The van der Waals surface area contributed by atoms with Crippen LogP contribution in [0, 0.1) is 0 Å². The molecule has 4 nitrogen and oxygen atoms in total. The van der Waals surface area contributed by atoms with Gasteiger partial charge in [-0.3, -0.25) is 9.59 Å². The van der Waals surface area contributed by atoms with Crippen LogP contribution in [0.4, 0.5) is 0 Å². The Morgan fingerprint density at radius 2 is 1.52 bits per heavy atom. The monoisotopic (exact) mass is 381 g/mol. The third kappa shape index (κ3) is 3.48. The first-order valence-electron chi connectivity index (χ1n) is 9.27. The number of para-hydroxylation sites is 2. The summed E-state index contributed by atoms with van der Waals surface area (Å²) < 4.78 is 0. The van der Waals surface area contributed by atoms with E-state index in [2.05, 4.69) is 4.98 Å². The number of Topliss-reactive ketones (excluding diaryl/α,β-unsaturated/α-hetero) is 2. The number of rotatable bonds is 5. The van der Waals surface area contributed by atoms with Gasteiger partial charge in [-0.2, -0.15) is 0 Å². The molecule has 0 spiro atoms. The van der Waals surface area contributed by atoms with E-state index >= 15 is 0 Å². The molecule has 29 heavy (non-hydrogen) atoms. The highest BCUT2D eigenvalue weighted by Gasteiger charge is 2.25. The topological polar surface area (TPSA) is 70.2 Å². The lowest BCUT2D eigenvalue weighted by atomic mass is 9.94. The van der Waals surface area contributed by atoms with Crippen molar-refractivity contribution in [3.63, 3.8) is 0 Å². The number of aromatic nitrogens is 1. The van der Waals surface area contributed by atoms with Crippen molar-refractivity contribution in [2.24, 2.45) is 0 Å². The van der Waals surface area contributed by atoms with Gasteiger partial charge in [-0.15, -0.1) is 0 Å². The molecule has 3 aromatic carbocycles. The molecule has 0 aliphatic carbocycles. The molecule has 0 bridgehead atoms. The maximum absolute atomic E-state index is 13.6. The van der Waals surface area contributed by atoms with Crippen molar-refractivity contribution in [2.45, 2.75) is 6.92 Å². The number of aromatic hydroxyl groups is 1. The average Bonchev–Trinajstić information content (AvgIpc) is 3.13. The zero-order valence-electron chi connectivity index (χ0n) is 15.8. The Morgan fingerprint density at radius 1 is 0.862 bits per heavy atom. The lowest BCUT2D eigenvalue weighted by Crippen LogP contribution is -2.11. The Balaban J connectivity index is 1.94. The number of carbonyl (C=O) groups excluding carboxylic acids is 2. The summed E-state index contributed by atoms with van der Waals surface area (Å²) in [5.41, 5.74) is 3.24. The van der Waals surface area contributed by atoms with Crippen LogP contribution in [0.1, 0.15) is 22.8 Å². The average molecular weight is 381 g/mol. The summed E-state index contributed by atoms with van der Waals surface area (Å²) in [6.45, 7) is 1.36. The summed E-state index contributed by atoms with van der Waals surface area (Å²) in [7, 11) is 0. The Bertz CT molecular complexity index is 1250. The Labute approximate surface area is 168 Å². The first-order chi connectivity index (χ1) is 14.1. The third-order valence-electron chi connectivity index (χ3n) is 4.86. The molecular weight excluding hydrogens is 362 g/mol. The second-order valence-electron chi connectivity index (χ2n) is 6.79. The van der Waals surface area contributed by atoms with E-state index in [1.54, 1.807) is 18.2 Å². The highest BCUT2D eigenvalue weighted by molar-refractivity contribution is 6.33. The fourth-order valence-corrected chi connectivity index (χ4v) is 3.43. The van der Waals surface area contributed by atoms with Crippen molar-refractivity contribution in [2.75, 3.05) is 0 Å². The standard InChI is InChI=1S/C25H19NO3/c1-16(27)20(15-18-11-5-8-14-22(18)28)25(29)23-19-12-6-7-13-21(19)26-24(23)17-9-3-2-4-10-17/h2-15,26,28H,1H3/b20-15+. The first-order valence-corrected chi connectivity index (χ1v) is 9.27. The van der Waals surface area contributed by atoms with Gasteiger partial charge >= 0.3 is 0 Å². The quantitative estimate of drug-likeness (QED) is 0.211. The van der Waals surface area contributed by atoms with Crippen LogP contribution in [0.15, 0.2) is 84.4 Å². The number of hydrogen-bond acceptors (Lipinski definition) is 3. The van der Waals surface area contributed by atoms with Crippen molar-refractivity contribution in [3.8, 4) is 17.0 Å². The van der Waals surface area contributed by atoms with Gasteiger partial charge < -0.3 is 10.1 Å². The van der Waals surface area contributed by atoms with Crippen LogP contribution in [-0.4, -0.2) is 21.7 Å². The van der Waals surface area contributed by atoms with Gasteiger partial charge in [-0.1, -0.05) is 66.7 Å². The predicted molar refractivity (Wildman–Crippen MR) is 115 cm³/mol. The van der Waals surface area contributed by atoms with E-state index in [1.807, 2.05) is 54.6 Å². The van der Waals surface area contributed by atoms with E-state index in [0.29, 0.717) is 16.8 Å². The Morgan fingerprint density at radius 3 is 2.24 bits per heavy atom. The second kappa shape index (κ2) is 7.60. The molecule has 0 saturated heterocycles. The first kappa shape index (κ1) is 18.4. The van der Waals surface area contributed by atoms with Gasteiger partial charge in [0.25, 0.3) is 0 Å². The predicted octanol–water partition coefficient (Wildman–Crippen LogP) is 5.40. The number of hydrogen-bond donors (Lipinski definition) is 2. The summed E-state index contributed by atoms with van der Waals surface area (Å²) in [6.07, 6.45) is 1.45. The van der Waals surface area contributed by atoms with Crippen molar-refractivity contribution >= 4 is 28.5 Å². The molecule has 0 unspecified atom stereocenters. The van der Waals surface area contributed by atoms with Crippen LogP contribution in [0.25, 0.3) is 28.2 Å². The van der Waals surface area contributed by atoms with E-state index in [9.17, 15) is 14.7 Å². The summed E-state index contributed by atoms with van der Waals surface area (Å²) in [5, 5.41) is 10.8. The number of fused-ring (bicyclic) bond motifs is 1. The van der Waals surface area contributed by atoms with E-state index in [4.69, 9.17) is 0 Å². The number of aromatic amines is 1. The number of ketones is 2. The van der Waals surface area contributed by atoms with Crippen LogP contribution in [0.2, 0.25) is 0 Å². The number of allylic oxidation sites excluding steroid dienone is 1. The van der Waals surface area contributed by atoms with Crippen molar-refractivity contribution in [3.05, 3.63) is 95.6 Å². The number of benzene rings is 3. The highest BCUT2D eigenvalue weighted by atomic mass is 16.3. The summed E-state index contributed by atoms with van der Waals surface area (Å²) in [6, 6.07) is 23.7. The molecule has 4 aromatic rings. The minimum atomic E-state index is -0.378. The van der Waals surface area contributed by atoms with Gasteiger partial charge in [0.2, 0.25) is 0 Å². The normalized spacial score (nSPS) is 11.6. The molecule has 1 heterocycles. The van der Waals surface area contributed by atoms with Crippen LogP contribution < -0.4 is 0 Å². The molecule has 4 rings (SSSR count). The molecular formula is C25H19NO3. The number of nitrogens with one attached hydrogen (secondary N) is 1. The van der Waals surface area contributed by atoms with E-state index in [0.717, 1.165) is 16.5 Å². The molecule has 2 N–H and O–H groups in total. The zero-order chi connectivity index (χ0) is 20.4. The Hall–Kier alpha value is -3.92. The maximum atomic E-state index is 13.6. The van der Waals surface area contributed by atoms with Gasteiger partial charge in [-0.05, 0) is 30.7 Å². The molecule has 0 atom stereocenters. The van der Waals surface area contributed by atoms with Crippen LogP contribution in [0.5, 0.6) is 5.75 Å². The minimum absolute atomic E-state index is 0.0151. The highest BCUT2D eigenvalue weighted by Crippen LogP contribution is 2.33. The lowest BCUT2D eigenvalue weighted by molar-refractivity contribution is -0.113.